The number of rotatable bonds is 8. The van der Waals surface area contributed by atoms with Crippen LogP contribution < -0.4 is 19.7 Å². The van der Waals surface area contributed by atoms with Crippen molar-refractivity contribution in [1.29, 1.82) is 0 Å². The summed E-state index contributed by atoms with van der Waals surface area (Å²) in [5.41, 5.74) is 2.04. The summed E-state index contributed by atoms with van der Waals surface area (Å²) in [7, 11) is 0. The molecule has 31 heavy (non-hydrogen) atoms. The van der Waals surface area contributed by atoms with E-state index in [2.05, 4.69) is 30.5 Å². The third-order valence-electron chi connectivity index (χ3n) is 4.47. The summed E-state index contributed by atoms with van der Waals surface area (Å²) in [6, 6.07) is 11.5. The number of nitrogens with zero attached hydrogens (tertiary/aromatic N) is 6. The Labute approximate surface area is 180 Å². The van der Waals surface area contributed by atoms with Crippen LogP contribution in [-0.4, -0.2) is 58.1 Å². The summed E-state index contributed by atoms with van der Waals surface area (Å²) in [6.07, 6.45) is 0.895. The fraction of sp³-hybridized carbons (Fsp3) is 0.381. The van der Waals surface area contributed by atoms with Gasteiger partial charge < -0.3 is 24.4 Å². The molecule has 2 aromatic heterocycles. The Morgan fingerprint density at radius 1 is 0.968 bits per heavy atom. The zero-order chi connectivity index (χ0) is 21.5. The van der Waals surface area contributed by atoms with Crippen LogP contribution in [0.4, 0.5) is 17.6 Å². The minimum absolute atomic E-state index is 0.127. The number of morpholine rings is 1. The third kappa shape index (κ3) is 5.76. The maximum absolute atomic E-state index is 5.78. The van der Waals surface area contributed by atoms with E-state index < -0.39 is 0 Å². The molecule has 0 unspecified atom stereocenters. The molecule has 4 rings (SSSR count). The largest absolute Gasteiger partial charge is 0.477 e. The predicted molar refractivity (Wildman–Crippen MR) is 115 cm³/mol. The van der Waals surface area contributed by atoms with E-state index in [1.165, 1.54) is 5.56 Å². The van der Waals surface area contributed by atoms with Gasteiger partial charge >= 0.3 is 6.01 Å². The summed E-state index contributed by atoms with van der Waals surface area (Å²) in [4.78, 5) is 15.5. The third-order valence-corrected chi connectivity index (χ3v) is 4.47. The smallest absolute Gasteiger partial charge is 0.330 e. The Morgan fingerprint density at radius 2 is 1.71 bits per heavy atom. The van der Waals surface area contributed by atoms with Gasteiger partial charge in [-0.1, -0.05) is 24.6 Å². The lowest BCUT2D eigenvalue weighted by atomic mass is 10.2. The molecule has 0 bridgehead atoms. The van der Waals surface area contributed by atoms with Crippen LogP contribution >= 0.6 is 0 Å². The van der Waals surface area contributed by atoms with Crippen LogP contribution in [0.25, 0.3) is 0 Å². The van der Waals surface area contributed by atoms with Crippen molar-refractivity contribution < 1.29 is 14.2 Å². The molecule has 3 aromatic rings. The Balaban J connectivity index is 1.56. The molecule has 1 aliphatic heterocycles. The van der Waals surface area contributed by atoms with Crippen molar-refractivity contribution in [3.63, 3.8) is 0 Å². The SMILES string of the molecule is CCCOc1ccc(Oc2nc(Nc3ccc(C)cc3)nc(N3CCOCC3)n2)nn1. The Hall–Kier alpha value is -3.53. The number of benzene rings is 1. The fourth-order valence-corrected chi connectivity index (χ4v) is 2.86. The van der Waals surface area contributed by atoms with Crippen molar-refractivity contribution >= 4 is 17.6 Å². The molecule has 0 radical (unpaired) electrons. The standard InChI is InChI=1S/C21H25N7O3/c1-3-12-30-17-8-9-18(27-26-17)31-21-24-19(22-16-6-4-15(2)5-7-16)23-20(25-21)28-10-13-29-14-11-28/h4-9H,3,10-14H2,1-2H3,(H,22,23,24,25). The van der Waals surface area contributed by atoms with Crippen LogP contribution in [0.1, 0.15) is 18.9 Å². The van der Waals surface area contributed by atoms with Gasteiger partial charge in [0, 0.05) is 30.9 Å². The zero-order valence-electron chi connectivity index (χ0n) is 17.6. The van der Waals surface area contributed by atoms with Crippen LogP contribution in [0.5, 0.6) is 17.8 Å². The van der Waals surface area contributed by atoms with E-state index in [4.69, 9.17) is 14.2 Å². The molecule has 1 aromatic carbocycles. The summed E-state index contributed by atoms with van der Waals surface area (Å²) in [6.45, 7) is 7.27. The van der Waals surface area contributed by atoms with Gasteiger partial charge in [0.25, 0.3) is 0 Å². The normalized spacial score (nSPS) is 13.7. The van der Waals surface area contributed by atoms with E-state index in [-0.39, 0.29) is 11.9 Å². The average molecular weight is 423 g/mol. The van der Waals surface area contributed by atoms with E-state index in [9.17, 15) is 0 Å². The number of aromatic nitrogens is 5. The minimum atomic E-state index is 0.127. The summed E-state index contributed by atoms with van der Waals surface area (Å²) in [5, 5.41) is 11.3. The van der Waals surface area contributed by atoms with Crippen LogP contribution in [0.15, 0.2) is 36.4 Å². The van der Waals surface area contributed by atoms with Gasteiger partial charge in [-0.2, -0.15) is 15.0 Å². The number of nitrogens with one attached hydrogen (secondary N) is 1. The van der Waals surface area contributed by atoms with Crippen molar-refractivity contribution in [2.45, 2.75) is 20.3 Å². The number of hydrogen-bond donors (Lipinski definition) is 1. The van der Waals surface area contributed by atoms with Gasteiger partial charge in [-0.15, -0.1) is 10.2 Å². The molecule has 0 aliphatic carbocycles. The first-order chi connectivity index (χ1) is 15.2. The predicted octanol–water partition coefficient (Wildman–Crippen LogP) is 3.13. The van der Waals surface area contributed by atoms with Crippen LogP contribution in [-0.2, 0) is 4.74 Å². The van der Waals surface area contributed by atoms with Gasteiger partial charge in [-0.25, -0.2) is 0 Å². The van der Waals surface area contributed by atoms with Gasteiger partial charge in [0.1, 0.15) is 0 Å². The highest BCUT2D eigenvalue weighted by atomic mass is 16.5. The van der Waals surface area contributed by atoms with Crippen molar-refractivity contribution in [2.24, 2.45) is 0 Å². The highest BCUT2D eigenvalue weighted by Gasteiger charge is 2.18. The van der Waals surface area contributed by atoms with Crippen LogP contribution in [0, 0.1) is 6.92 Å². The van der Waals surface area contributed by atoms with Crippen LogP contribution in [0.2, 0.25) is 0 Å². The number of aryl methyl sites for hydroxylation is 1. The molecular weight excluding hydrogens is 398 g/mol. The molecule has 0 amide bonds. The molecule has 10 nitrogen and oxygen atoms in total. The zero-order valence-corrected chi connectivity index (χ0v) is 17.6. The second kappa shape index (κ2) is 9.98. The van der Waals surface area contributed by atoms with Gasteiger partial charge in [0.05, 0.1) is 19.8 Å². The molecule has 1 aliphatic rings. The second-order valence-corrected chi connectivity index (χ2v) is 6.99. The first kappa shape index (κ1) is 20.7. The topological polar surface area (TPSA) is 107 Å². The molecule has 3 heterocycles. The summed E-state index contributed by atoms with van der Waals surface area (Å²) >= 11 is 0. The van der Waals surface area contributed by atoms with Gasteiger partial charge in [-0.3, -0.25) is 0 Å². The molecule has 1 saturated heterocycles. The number of anilines is 3. The Bertz CT molecular complexity index is 977. The molecule has 0 saturated carbocycles. The van der Waals surface area contributed by atoms with E-state index in [1.54, 1.807) is 12.1 Å². The van der Waals surface area contributed by atoms with Gasteiger partial charge in [0.15, 0.2) is 0 Å². The van der Waals surface area contributed by atoms with Crippen LogP contribution in [0.3, 0.4) is 0 Å². The average Bonchev–Trinajstić information content (AvgIpc) is 2.81. The van der Waals surface area contributed by atoms with E-state index >= 15 is 0 Å². The number of ether oxygens (including phenoxy) is 3. The van der Waals surface area contributed by atoms with Crippen molar-refractivity contribution in [3.05, 3.63) is 42.0 Å². The summed E-state index contributed by atoms with van der Waals surface area (Å²) < 4.78 is 16.7. The first-order valence-corrected chi connectivity index (χ1v) is 10.3. The number of hydrogen-bond acceptors (Lipinski definition) is 10. The van der Waals surface area contributed by atoms with Crippen molar-refractivity contribution in [2.75, 3.05) is 43.1 Å². The lowest BCUT2D eigenvalue weighted by Crippen LogP contribution is -2.37. The van der Waals surface area contributed by atoms with Crippen molar-refractivity contribution in [3.8, 4) is 17.8 Å². The fourth-order valence-electron chi connectivity index (χ4n) is 2.86. The Morgan fingerprint density at radius 3 is 2.42 bits per heavy atom. The maximum atomic E-state index is 5.78. The highest BCUT2D eigenvalue weighted by Crippen LogP contribution is 2.23. The summed E-state index contributed by atoms with van der Waals surface area (Å²) in [5.74, 6) is 1.61. The molecule has 10 heteroatoms. The Kier molecular flexibility index (Phi) is 6.68. The molecule has 0 atom stereocenters. The van der Waals surface area contributed by atoms with E-state index in [0.29, 0.717) is 50.7 Å². The lowest BCUT2D eigenvalue weighted by Gasteiger charge is -2.26. The lowest BCUT2D eigenvalue weighted by molar-refractivity contribution is 0.122. The van der Waals surface area contributed by atoms with Gasteiger partial charge in [-0.05, 0) is 25.5 Å². The van der Waals surface area contributed by atoms with E-state index in [0.717, 1.165) is 12.1 Å². The highest BCUT2D eigenvalue weighted by molar-refractivity contribution is 5.55. The molecule has 162 valence electrons. The molecule has 0 spiro atoms. The van der Waals surface area contributed by atoms with E-state index in [1.807, 2.05) is 43.0 Å². The molecule has 1 fully saturated rings. The molecule has 1 N–H and O–H groups in total. The quantitative estimate of drug-likeness (QED) is 0.580. The maximum Gasteiger partial charge on any atom is 0.330 e. The second-order valence-electron chi connectivity index (χ2n) is 6.99. The van der Waals surface area contributed by atoms with Crippen molar-refractivity contribution in [1.82, 2.24) is 25.1 Å². The molecular formula is C21H25N7O3. The monoisotopic (exact) mass is 423 g/mol. The first-order valence-electron chi connectivity index (χ1n) is 10.3. The van der Waals surface area contributed by atoms with Gasteiger partial charge in [0.2, 0.25) is 23.7 Å². The minimum Gasteiger partial charge on any atom is -0.477 e.